The number of carbonyl (C=O) groups excluding carboxylic acids is 1. The van der Waals surface area contributed by atoms with Gasteiger partial charge in [-0.15, -0.1) is 0 Å². The number of benzene rings is 2. The second kappa shape index (κ2) is 7.38. The Bertz CT molecular complexity index is 1390. The first kappa shape index (κ1) is 20.6. The van der Waals surface area contributed by atoms with E-state index in [4.69, 9.17) is 16.7 Å². The topological polar surface area (TPSA) is 95.6 Å². The van der Waals surface area contributed by atoms with Gasteiger partial charge in [-0.05, 0) is 42.8 Å². The fraction of sp³-hybridized carbons (Fsp3) is 0.292. The molecule has 1 aliphatic rings. The Morgan fingerprint density at radius 1 is 1.16 bits per heavy atom. The van der Waals surface area contributed by atoms with Crippen LogP contribution in [0.1, 0.15) is 44.5 Å². The van der Waals surface area contributed by atoms with Crippen LogP contribution in [0.15, 0.2) is 53.3 Å². The van der Waals surface area contributed by atoms with Crippen LogP contribution >= 0.6 is 11.6 Å². The minimum absolute atomic E-state index is 0.0575. The van der Waals surface area contributed by atoms with Crippen LogP contribution in [0, 0.1) is 5.92 Å². The third kappa shape index (κ3) is 3.73. The fourth-order valence-corrected chi connectivity index (χ4v) is 4.22. The van der Waals surface area contributed by atoms with E-state index in [0.717, 1.165) is 23.5 Å². The first-order valence-electron chi connectivity index (χ1n) is 10.6. The highest BCUT2D eigenvalue weighted by atomic mass is 35.5. The molecule has 2 aromatic heterocycles. The van der Waals surface area contributed by atoms with Crippen LogP contribution in [-0.4, -0.2) is 25.7 Å². The smallest absolute Gasteiger partial charge is 0.323 e. The van der Waals surface area contributed by atoms with Gasteiger partial charge in [0, 0.05) is 28.0 Å². The minimum atomic E-state index is -0.300. The number of aromatic nitrogens is 4. The van der Waals surface area contributed by atoms with Crippen LogP contribution in [0.25, 0.3) is 16.7 Å². The largest absolute Gasteiger partial charge is 0.324 e. The maximum Gasteiger partial charge on any atom is 0.323 e. The number of imidazole rings is 1. The van der Waals surface area contributed by atoms with Crippen molar-refractivity contribution in [1.82, 2.24) is 19.7 Å². The molecule has 32 heavy (non-hydrogen) atoms. The number of nitrogens with zero attached hydrogens (tertiary/aromatic N) is 2. The van der Waals surface area contributed by atoms with Crippen molar-refractivity contribution >= 4 is 34.2 Å². The van der Waals surface area contributed by atoms with Gasteiger partial charge in [0.05, 0.1) is 28.1 Å². The minimum Gasteiger partial charge on any atom is -0.324 e. The summed E-state index contributed by atoms with van der Waals surface area (Å²) in [5.74, 6) is -0.180. The second-order valence-electron chi connectivity index (χ2n) is 9.34. The molecule has 2 unspecified atom stereocenters. The molecular weight excluding hydrogens is 426 g/mol. The summed E-state index contributed by atoms with van der Waals surface area (Å²) in [5.41, 5.74) is 4.28. The number of H-pyrrole nitrogens is 2. The number of amides is 1. The van der Waals surface area contributed by atoms with Crippen LogP contribution in [-0.2, 0) is 10.2 Å². The molecule has 1 aliphatic carbocycles. The Hall–Kier alpha value is -3.32. The van der Waals surface area contributed by atoms with E-state index in [1.165, 1.54) is 0 Å². The van der Waals surface area contributed by atoms with Crippen molar-refractivity contribution in [3.63, 3.8) is 0 Å². The molecular formula is C24H24ClN5O2. The molecule has 1 amide bonds. The van der Waals surface area contributed by atoms with Gasteiger partial charge in [0.25, 0.3) is 0 Å². The monoisotopic (exact) mass is 449 g/mol. The summed E-state index contributed by atoms with van der Waals surface area (Å²) in [4.78, 5) is 30.1. The van der Waals surface area contributed by atoms with Crippen molar-refractivity contribution in [2.24, 2.45) is 5.92 Å². The van der Waals surface area contributed by atoms with Crippen LogP contribution < -0.4 is 11.0 Å². The van der Waals surface area contributed by atoms with E-state index < -0.39 is 0 Å². The number of halogens is 1. The summed E-state index contributed by atoms with van der Waals surface area (Å²) in [6.45, 7) is 6.37. The van der Waals surface area contributed by atoms with Gasteiger partial charge >= 0.3 is 5.69 Å². The molecule has 164 valence electrons. The Labute approximate surface area is 189 Å². The molecule has 0 saturated heterocycles. The number of aromatic amines is 2. The first-order valence-corrected chi connectivity index (χ1v) is 11.0. The summed E-state index contributed by atoms with van der Waals surface area (Å²) in [6.07, 6.45) is 0.737. The normalized spacial score (nSPS) is 18.1. The van der Waals surface area contributed by atoms with Gasteiger partial charge in [-0.2, -0.15) is 5.10 Å². The van der Waals surface area contributed by atoms with E-state index >= 15 is 0 Å². The standard InChI is InChI=1S/C24H24ClN5O2/c1-24(2,3)20-12-19(30(29-20)14-7-4-6-13(25)10-14)15-11-16(15)22(31)26-17-8-5-9-18-21(17)28-23(32)27-18/h4-10,12,15-16H,11H2,1-3H3,(H,26,31)(H2,27,28,32). The van der Waals surface area contributed by atoms with Crippen LogP contribution in [0.2, 0.25) is 5.02 Å². The molecule has 1 saturated carbocycles. The Morgan fingerprint density at radius 2 is 1.94 bits per heavy atom. The average molecular weight is 450 g/mol. The fourth-order valence-electron chi connectivity index (χ4n) is 4.04. The molecule has 8 heteroatoms. The molecule has 4 aromatic rings. The number of anilines is 1. The molecule has 0 radical (unpaired) electrons. The van der Waals surface area contributed by atoms with Gasteiger partial charge in [-0.3, -0.25) is 4.79 Å². The molecule has 2 heterocycles. The van der Waals surface area contributed by atoms with E-state index in [1.807, 2.05) is 28.9 Å². The van der Waals surface area contributed by atoms with Crippen molar-refractivity contribution < 1.29 is 4.79 Å². The number of nitrogens with one attached hydrogen (secondary N) is 3. The molecule has 2 atom stereocenters. The maximum absolute atomic E-state index is 13.1. The molecule has 1 fully saturated rings. The van der Waals surface area contributed by atoms with E-state index in [9.17, 15) is 9.59 Å². The predicted molar refractivity (Wildman–Crippen MR) is 126 cm³/mol. The summed E-state index contributed by atoms with van der Waals surface area (Å²) < 4.78 is 1.91. The quantitative estimate of drug-likeness (QED) is 0.420. The third-order valence-electron chi connectivity index (χ3n) is 5.87. The Balaban J connectivity index is 1.44. The zero-order chi connectivity index (χ0) is 22.6. The zero-order valence-corrected chi connectivity index (χ0v) is 18.8. The summed E-state index contributed by atoms with van der Waals surface area (Å²) >= 11 is 6.22. The highest BCUT2D eigenvalue weighted by molar-refractivity contribution is 6.30. The van der Waals surface area contributed by atoms with Gasteiger partial charge in [-0.25, -0.2) is 9.48 Å². The summed E-state index contributed by atoms with van der Waals surface area (Å²) in [7, 11) is 0. The molecule has 0 spiro atoms. The van der Waals surface area contributed by atoms with Gasteiger partial charge in [0.2, 0.25) is 5.91 Å². The lowest BCUT2D eigenvalue weighted by molar-refractivity contribution is -0.117. The zero-order valence-electron chi connectivity index (χ0n) is 18.1. The second-order valence-corrected chi connectivity index (χ2v) is 9.78. The van der Waals surface area contributed by atoms with Crippen molar-refractivity contribution in [3.8, 4) is 5.69 Å². The molecule has 2 aromatic carbocycles. The van der Waals surface area contributed by atoms with E-state index in [-0.39, 0.29) is 28.8 Å². The predicted octanol–water partition coefficient (Wildman–Crippen LogP) is 4.74. The molecule has 0 aliphatic heterocycles. The number of fused-ring (bicyclic) bond motifs is 1. The number of hydrogen-bond donors (Lipinski definition) is 3. The lowest BCUT2D eigenvalue weighted by atomic mass is 9.92. The Morgan fingerprint density at radius 3 is 2.69 bits per heavy atom. The number of carbonyl (C=O) groups is 1. The number of hydrogen-bond acceptors (Lipinski definition) is 3. The molecule has 5 rings (SSSR count). The SMILES string of the molecule is CC(C)(C)c1cc(C2CC2C(=O)Nc2cccc3[nH]c(=O)[nH]c23)n(-c2cccc(Cl)c2)n1. The van der Waals surface area contributed by atoms with Crippen molar-refractivity contribution in [2.45, 2.75) is 38.5 Å². The lowest BCUT2D eigenvalue weighted by Crippen LogP contribution is -2.15. The van der Waals surface area contributed by atoms with Crippen molar-refractivity contribution in [2.75, 3.05) is 5.32 Å². The van der Waals surface area contributed by atoms with Gasteiger partial charge in [0.1, 0.15) is 0 Å². The van der Waals surface area contributed by atoms with Gasteiger partial charge < -0.3 is 15.3 Å². The lowest BCUT2D eigenvalue weighted by Gasteiger charge is -2.14. The van der Waals surface area contributed by atoms with Crippen molar-refractivity contribution in [1.29, 1.82) is 0 Å². The van der Waals surface area contributed by atoms with Gasteiger partial charge in [0.15, 0.2) is 0 Å². The van der Waals surface area contributed by atoms with E-state index in [1.54, 1.807) is 18.2 Å². The third-order valence-corrected chi connectivity index (χ3v) is 6.11. The number of rotatable bonds is 4. The molecule has 0 bridgehead atoms. The van der Waals surface area contributed by atoms with Crippen LogP contribution in [0.4, 0.5) is 5.69 Å². The highest BCUT2D eigenvalue weighted by Gasteiger charge is 2.46. The first-order chi connectivity index (χ1) is 15.2. The van der Waals surface area contributed by atoms with Crippen molar-refractivity contribution in [3.05, 3.63) is 75.4 Å². The van der Waals surface area contributed by atoms with Crippen LogP contribution in [0.5, 0.6) is 0 Å². The molecule has 3 N–H and O–H groups in total. The summed E-state index contributed by atoms with van der Waals surface area (Å²) in [5, 5.41) is 8.48. The van der Waals surface area contributed by atoms with E-state index in [2.05, 4.69) is 42.1 Å². The van der Waals surface area contributed by atoms with Gasteiger partial charge in [-0.1, -0.05) is 44.5 Å². The summed E-state index contributed by atoms with van der Waals surface area (Å²) in [6, 6.07) is 15.1. The molecule has 7 nitrogen and oxygen atoms in total. The maximum atomic E-state index is 13.1. The van der Waals surface area contributed by atoms with E-state index in [0.29, 0.717) is 21.7 Å². The van der Waals surface area contributed by atoms with Crippen LogP contribution in [0.3, 0.4) is 0 Å². The average Bonchev–Trinajstić information content (AvgIpc) is 3.21. The number of para-hydroxylation sites is 1. The Kier molecular flexibility index (Phi) is 4.74. The highest BCUT2D eigenvalue weighted by Crippen LogP contribution is 2.49.